The summed E-state index contributed by atoms with van der Waals surface area (Å²) in [6.45, 7) is 0. The number of furan rings is 1. The summed E-state index contributed by atoms with van der Waals surface area (Å²) < 4.78 is 8.14. The Morgan fingerprint density at radius 2 is 0.923 bits per heavy atom. The van der Waals surface area contributed by atoms with Crippen LogP contribution in [0.2, 0.25) is 0 Å². The van der Waals surface area contributed by atoms with Gasteiger partial charge in [-0.25, -0.2) is 19.9 Å². The summed E-state index contributed by atoms with van der Waals surface area (Å²) in [5.74, 6) is 1.74. The highest BCUT2D eigenvalue weighted by molar-refractivity contribution is 7.21. The molecule has 6 heteroatoms. The van der Waals surface area contributed by atoms with Crippen molar-refractivity contribution in [1.82, 2.24) is 19.9 Å². The molecule has 0 saturated heterocycles. The second-order valence-electron chi connectivity index (χ2n) is 12.6. The average Bonchev–Trinajstić information content (AvgIpc) is 3.84. The first-order chi connectivity index (χ1) is 25.8. The zero-order valence-corrected chi connectivity index (χ0v) is 28.6. The summed E-state index contributed by atoms with van der Waals surface area (Å²) in [6.07, 6.45) is 0. The van der Waals surface area contributed by atoms with Crippen LogP contribution in [0.5, 0.6) is 0 Å². The third-order valence-electron chi connectivity index (χ3n) is 9.41. The Balaban J connectivity index is 1.20. The van der Waals surface area contributed by atoms with Crippen LogP contribution in [0, 0.1) is 0 Å². The Kier molecular flexibility index (Phi) is 7.25. The molecule has 3 aromatic heterocycles. The number of fused-ring (bicyclic) bond motifs is 4. The molecule has 3 heterocycles. The maximum Gasteiger partial charge on any atom is 0.167 e. The SMILES string of the molecule is c1ccc(-c2ccc(-c3nc(-c4ccccc4)nc(-c4cccc5c4oc4c(-c6nc7ccccc7s6)ccc(-c6ccccc6)c45)n3)cc2)cc1. The fourth-order valence-corrected chi connectivity index (χ4v) is 7.86. The van der Waals surface area contributed by atoms with E-state index >= 15 is 0 Å². The van der Waals surface area contributed by atoms with Gasteiger partial charge in [-0.15, -0.1) is 11.3 Å². The van der Waals surface area contributed by atoms with Crippen LogP contribution < -0.4 is 0 Å². The highest BCUT2D eigenvalue weighted by Crippen LogP contribution is 2.45. The number of hydrogen-bond donors (Lipinski definition) is 0. The first kappa shape index (κ1) is 30.1. The largest absolute Gasteiger partial charge is 0.455 e. The predicted molar refractivity (Wildman–Crippen MR) is 213 cm³/mol. The van der Waals surface area contributed by atoms with E-state index in [1.807, 2.05) is 54.6 Å². The molecule has 0 unspecified atom stereocenters. The van der Waals surface area contributed by atoms with Crippen molar-refractivity contribution in [2.75, 3.05) is 0 Å². The smallest absolute Gasteiger partial charge is 0.167 e. The number of para-hydroxylation sites is 2. The van der Waals surface area contributed by atoms with E-state index in [2.05, 4.69) is 115 Å². The Bertz CT molecular complexity index is 2850. The predicted octanol–water partition coefficient (Wildman–Crippen LogP) is 12.4. The summed E-state index contributed by atoms with van der Waals surface area (Å²) >= 11 is 1.67. The van der Waals surface area contributed by atoms with Crippen molar-refractivity contribution in [2.24, 2.45) is 0 Å². The fourth-order valence-electron chi connectivity index (χ4n) is 6.88. The van der Waals surface area contributed by atoms with Gasteiger partial charge >= 0.3 is 0 Å². The van der Waals surface area contributed by atoms with Crippen molar-refractivity contribution in [3.8, 4) is 67.0 Å². The van der Waals surface area contributed by atoms with Crippen molar-refractivity contribution < 1.29 is 4.42 Å². The number of nitrogens with zero attached hydrogens (tertiary/aromatic N) is 4. The van der Waals surface area contributed by atoms with E-state index in [1.54, 1.807) is 11.3 Å². The van der Waals surface area contributed by atoms with Gasteiger partial charge in [0.2, 0.25) is 0 Å². The number of hydrogen-bond acceptors (Lipinski definition) is 6. The molecular weight excluding hydrogens is 657 g/mol. The molecule has 0 N–H and O–H groups in total. The summed E-state index contributed by atoms with van der Waals surface area (Å²) in [4.78, 5) is 20.2. The van der Waals surface area contributed by atoms with E-state index in [-0.39, 0.29) is 0 Å². The minimum Gasteiger partial charge on any atom is -0.455 e. The van der Waals surface area contributed by atoms with E-state index in [0.29, 0.717) is 17.5 Å². The first-order valence-corrected chi connectivity index (χ1v) is 18.0. The van der Waals surface area contributed by atoms with E-state index in [9.17, 15) is 0 Å². The molecule has 0 aliphatic heterocycles. The standard InChI is InChI=1S/C46H28N4OS/c1-4-13-29(14-5-1)30-23-25-33(26-24-30)44-48-43(32-17-8-3-9-18-32)49-45(50-44)36-20-12-19-35-40-34(31-15-6-2-7-16-31)27-28-37(42(40)51-41(35)36)46-47-38-21-10-11-22-39(38)52-46/h1-28H. The van der Waals surface area contributed by atoms with Gasteiger partial charge in [0.25, 0.3) is 0 Å². The van der Waals surface area contributed by atoms with Crippen LogP contribution in [0.25, 0.3) is 99.1 Å². The van der Waals surface area contributed by atoms with Crippen LogP contribution in [0.3, 0.4) is 0 Å². The summed E-state index contributed by atoms with van der Waals surface area (Å²) in [5.41, 5.74) is 10.6. The summed E-state index contributed by atoms with van der Waals surface area (Å²) in [5, 5.41) is 2.94. The molecule has 7 aromatic carbocycles. The fraction of sp³-hybridized carbons (Fsp3) is 0. The third-order valence-corrected chi connectivity index (χ3v) is 10.5. The zero-order valence-electron chi connectivity index (χ0n) is 27.8. The number of benzene rings is 7. The van der Waals surface area contributed by atoms with Crippen molar-refractivity contribution in [3.63, 3.8) is 0 Å². The minimum absolute atomic E-state index is 0.545. The molecule has 0 saturated carbocycles. The molecule has 0 bridgehead atoms. The molecule has 0 amide bonds. The molecule has 0 atom stereocenters. The Labute approximate surface area is 303 Å². The van der Waals surface area contributed by atoms with Crippen LogP contribution in [0.1, 0.15) is 0 Å². The summed E-state index contributed by atoms with van der Waals surface area (Å²) in [6, 6.07) is 58.1. The van der Waals surface area contributed by atoms with Gasteiger partial charge in [-0.1, -0.05) is 146 Å². The molecule has 244 valence electrons. The summed E-state index contributed by atoms with van der Waals surface area (Å²) in [7, 11) is 0. The topological polar surface area (TPSA) is 64.7 Å². The van der Waals surface area contributed by atoms with Crippen LogP contribution in [0.4, 0.5) is 0 Å². The quantitative estimate of drug-likeness (QED) is 0.174. The molecule has 5 nitrogen and oxygen atoms in total. The molecular formula is C46H28N4OS. The molecule has 52 heavy (non-hydrogen) atoms. The zero-order chi connectivity index (χ0) is 34.4. The van der Waals surface area contributed by atoms with Gasteiger partial charge in [-0.2, -0.15) is 0 Å². The van der Waals surface area contributed by atoms with Gasteiger partial charge in [-0.3, -0.25) is 0 Å². The lowest BCUT2D eigenvalue weighted by Crippen LogP contribution is -2.00. The Morgan fingerprint density at radius 1 is 0.365 bits per heavy atom. The van der Waals surface area contributed by atoms with E-state index in [1.165, 1.54) is 0 Å². The molecule has 10 aromatic rings. The molecule has 10 rings (SSSR count). The maximum absolute atomic E-state index is 7.00. The third kappa shape index (κ3) is 5.25. The van der Waals surface area contributed by atoms with Gasteiger partial charge in [-0.05, 0) is 46.5 Å². The van der Waals surface area contributed by atoms with Gasteiger partial charge in [0.1, 0.15) is 16.2 Å². The lowest BCUT2D eigenvalue weighted by Gasteiger charge is -2.09. The Hall–Kier alpha value is -6.76. The average molecular weight is 685 g/mol. The first-order valence-electron chi connectivity index (χ1n) is 17.1. The molecule has 0 radical (unpaired) electrons. The second kappa shape index (κ2) is 12.5. The molecule has 0 aliphatic carbocycles. The van der Waals surface area contributed by atoms with E-state index in [0.717, 1.165) is 81.7 Å². The van der Waals surface area contributed by atoms with Crippen LogP contribution in [0.15, 0.2) is 174 Å². The Morgan fingerprint density at radius 3 is 1.63 bits per heavy atom. The van der Waals surface area contributed by atoms with Crippen LogP contribution >= 0.6 is 11.3 Å². The van der Waals surface area contributed by atoms with Crippen LogP contribution in [-0.4, -0.2) is 19.9 Å². The van der Waals surface area contributed by atoms with Crippen LogP contribution in [-0.2, 0) is 0 Å². The molecule has 0 aliphatic rings. The van der Waals surface area contributed by atoms with Crippen molar-refractivity contribution in [1.29, 1.82) is 0 Å². The van der Waals surface area contributed by atoms with Crippen molar-refractivity contribution >= 4 is 43.5 Å². The number of rotatable bonds is 6. The van der Waals surface area contributed by atoms with Crippen molar-refractivity contribution in [2.45, 2.75) is 0 Å². The maximum atomic E-state index is 7.00. The number of thiazole rings is 1. The highest BCUT2D eigenvalue weighted by atomic mass is 32.1. The highest BCUT2D eigenvalue weighted by Gasteiger charge is 2.23. The second-order valence-corrected chi connectivity index (χ2v) is 13.6. The van der Waals surface area contributed by atoms with Crippen molar-refractivity contribution in [3.05, 3.63) is 170 Å². The van der Waals surface area contributed by atoms with E-state index in [4.69, 9.17) is 24.4 Å². The van der Waals surface area contributed by atoms with E-state index < -0.39 is 0 Å². The normalized spacial score (nSPS) is 11.5. The van der Waals surface area contributed by atoms with Gasteiger partial charge in [0.15, 0.2) is 17.5 Å². The van der Waals surface area contributed by atoms with Gasteiger partial charge < -0.3 is 4.42 Å². The lowest BCUT2D eigenvalue weighted by molar-refractivity contribution is 0.670. The van der Waals surface area contributed by atoms with Gasteiger partial charge in [0.05, 0.1) is 21.3 Å². The molecule has 0 fully saturated rings. The lowest BCUT2D eigenvalue weighted by atomic mass is 9.96. The number of aromatic nitrogens is 4. The monoisotopic (exact) mass is 684 g/mol. The van der Waals surface area contributed by atoms with Gasteiger partial charge in [0, 0.05) is 21.9 Å². The molecule has 0 spiro atoms. The minimum atomic E-state index is 0.545.